The Morgan fingerprint density at radius 1 is 0.793 bits per heavy atom. The first-order valence-electron chi connectivity index (χ1n) is 7.89. The first kappa shape index (κ1) is 22.0. The average molecular weight is 494 g/mol. The highest BCUT2D eigenvalue weighted by Crippen LogP contribution is 2.50. The average Bonchev–Trinajstić information content (AvgIpc) is 2.64. The second-order valence-corrected chi connectivity index (χ2v) is 9.28. The Bertz CT molecular complexity index is 1210. The molecular formula is C19H12Cl4O5S. The van der Waals surface area contributed by atoms with E-state index in [0.29, 0.717) is 0 Å². The van der Waals surface area contributed by atoms with Crippen LogP contribution in [0, 0.1) is 0 Å². The number of rotatable bonds is 4. The maximum Gasteiger partial charge on any atom is 0.283 e. The molecule has 0 aliphatic heterocycles. The minimum absolute atomic E-state index is 0.0258. The normalized spacial score (nSPS) is 13.8. The van der Waals surface area contributed by atoms with Crippen molar-refractivity contribution in [2.75, 3.05) is 0 Å². The van der Waals surface area contributed by atoms with Gasteiger partial charge in [-0.2, -0.15) is 8.42 Å². The molecule has 0 amide bonds. The summed E-state index contributed by atoms with van der Waals surface area (Å²) in [6.07, 6.45) is 0. The van der Waals surface area contributed by atoms with Crippen LogP contribution in [0.2, 0.25) is 20.1 Å². The first-order chi connectivity index (χ1) is 13.5. The number of phenols is 2. The van der Waals surface area contributed by atoms with Gasteiger partial charge in [0.05, 0.1) is 15.1 Å². The van der Waals surface area contributed by atoms with E-state index in [0.717, 1.165) is 0 Å². The summed E-state index contributed by atoms with van der Waals surface area (Å²) in [4.78, 5) is 0. The molecule has 29 heavy (non-hydrogen) atoms. The molecule has 3 aromatic rings. The largest absolute Gasteiger partial charge is 0.506 e. The number of phenolic OH excluding ortho intramolecular Hbond substituents is 2. The molecule has 0 saturated heterocycles. The Labute approximate surface area is 186 Å². The van der Waals surface area contributed by atoms with E-state index in [4.69, 9.17) is 46.4 Å². The summed E-state index contributed by atoms with van der Waals surface area (Å²) in [5, 5.41) is 19.5. The Hall–Kier alpha value is -1.67. The predicted octanol–water partition coefficient (Wildman–Crippen LogP) is 5.89. The van der Waals surface area contributed by atoms with Gasteiger partial charge in [-0.25, -0.2) is 0 Å². The minimum Gasteiger partial charge on any atom is -0.506 e. The molecule has 0 aliphatic carbocycles. The van der Waals surface area contributed by atoms with Gasteiger partial charge in [0.15, 0.2) is 10.5 Å². The van der Waals surface area contributed by atoms with Gasteiger partial charge in [-0.05, 0) is 41.5 Å². The summed E-state index contributed by atoms with van der Waals surface area (Å²) in [5.74, 6) is -0.860. The standard InChI is InChI=1S/C19H12Cl4O5S/c20-12-3-1-2-10(8-12)19(29(26,27)28,11-4-7-16(24)15(22)9-11)13-5-6-14(21)18(25)17(13)23/h1-9,24-25H,(H,26,27,28). The van der Waals surface area contributed by atoms with Gasteiger partial charge in [-0.15, -0.1) is 0 Å². The van der Waals surface area contributed by atoms with E-state index in [1.807, 2.05) is 0 Å². The summed E-state index contributed by atoms with van der Waals surface area (Å²) in [7, 11) is -5.02. The van der Waals surface area contributed by atoms with E-state index in [2.05, 4.69) is 0 Å². The highest BCUT2D eigenvalue weighted by atomic mass is 35.5. The first-order valence-corrected chi connectivity index (χ1v) is 10.8. The summed E-state index contributed by atoms with van der Waals surface area (Å²) in [5.41, 5.74) is -0.209. The molecule has 0 bridgehead atoms. The Morgan fingerprint density at radius 2 is 1.45 bits per heavy atom. The van der Waals surface area contributed by atoms with Gasteiger partial charge in [0.1, 0.15) is 5.75 Å². The van der Waals surface area contributed by atoms with E-state index in [-0.39, 0.29) is 42.5 Å². The van der Waals surface area contributed by atoms with Crippen molar-refractivity contribution < 1.29 is 23.2 Å². The highest BCUT2D eigenvalue weighted by Gasteiger charge is 2.50. The van der Waals surface area contributed by atoms with Crippen molar-refractivity contribution >= 4 is 56.5 Å². The Morgan fingerprint density at radius 3 is 2.03 bits per heavy atom. The lowest BCUT2D eigenvalue weighted by Gasteiger charge is -2.33. The lowest BCUT2D eigenvalue weighted by Crippen LogP contribution is -2.38. The molecular weight excluding hydrogens is 482 g/mol. The molecule has 0 radical (unpaired) electrons. The third kappa shape index (κ3) is 3.65. The number of aromatic hydroxyl groups is 2. The maximum absolute atomic E-state index is 12.9. The highest BCUT2D eigenvalue weighted by molar-refractivity contribution is 7.87. The smallest absolute Gasteiger partial charge is 0.283 e. The zero-order valence-corrected chi connectivity index (χ0v) is 18.1. The van der Waals surface area contributed by atoms with Crippen LogP contribution in [0.5, 0.6) is 11.5 Å². The molecule has 152 valence electrons. The molecule has 1 unspecified atom stereocenters. The van der Waals surface area contributed by atoms with Crippen LogP contribution in [0.3, 0.4) is 0 Å². The van der Waals surface area contributed by atoms with Crippen molar-refractivity contribution in [3.63, 3.8) is 0 Å². The molecule has 3 rings (SSSR count). The number of hydrogen-bond donors (Lipinski definition) is 3. The van der Waals surface area contributed by atoms with Crippen molar-refractivity contribution in [2.24, 2.45) is 0 Å². The van der Waals surface area contributed by atoms with E-state index in [1.54, 1.807) is 0 Å². The van der Waals surface area contributed by atoms with Gasteiger partial charge in [0.2, 0.25) is 0 Å². The third-order valence-electron chi connectivity index (χ3n) is 4.42. The van der Waals surface area contributed by atoms with Crippen molar-refractivity contribution in [1.29, 1.82) is 0 Å². The van der Waals surface area contributed by atoms with Gasteiger partial charge < -0.3 is 10.2 Å². The van der Waals surface area contributed by atoms with Crippen LogP contribution in [0.4, 0.5) is 0 Å². The molecule has 0 saturated carbocycles. The van der Waals surface area contributed by atoms with Crippen LogP contribution in [-0.2, 0) is 14.9 Å². The zero-order chi connectivity index (χ0) is 21.6. The molecule has 10 heteroatoms. The summed E-state index contributed by atoms with van der Waals surface area (Å²) >= 11 is 24.3. The van der Waals surface area contributed by atoms with Crippen molar-refractivity contribution in [3.05, 3.63) is 91.4 Å². The maximum atomic E-state index is 12.9. The molecule has 0 aliphatic rings. The molecule has 0 heterocycles. The summed E-state index contributed by atoms with van der Waals surface area (Å²) in [6, 6.07) is 11.9. The van der Waals surface area contributed by atoms with Crippen LogP contribution in [-0.4, -0.2) is 23.2 Å². The lowest BCUT2D eigenvalue weighted by atomic mass is 9.83. The monoisotopic (exact) mass is 492 g/mol. The van der Waals surface area contributed by atoms with Crippen LogP contribution in [0.15, 0.2) is 54.6 Å². The van der Waals surface area contributed by atoms with E-state index >= 15 is 0 Å². The number of halogens is 4. The predicted molar refractivity (Wildman–Crippen MR) is 114 cm³/mol. The molecule has 3 N–H and O–H groups in total. The van der Waals surface area contributed by atoms with Crippen molar-refractivity contribution in [3.8, 4) is 11.5 Å². The fourth-order valence-electron chi connectivity index (χ4n) is 3.16. The lowest BCUT2D eigenvalue weighted by molar-refractivity contribution is 0.455. The van der Waals surface area contributed by atoms with E-state index in [1.165, 1.54) is 54.6 Å². The second kappa shape index (κ2) is 7.87. The van der Waals surface area contributed by atoms with Crippen LogP contribution < -0.4 is 0 Å². The van der Waals surface area contributed by atoms with Gasteiger partial charge in [0, 0.05) is 10.6 Å². The molecule has 0 fully saturated rings. The number of hydrogen-bond acceptors (Lipinski definition) is 4. The molecule has 5 nitrogen and oxygen atoms in total. The topological polar surface area (TPSA) is 94.8 Å². The summed E-state index contributed by atoms with van der Waals surface area (Å²) in [6.45, 7) is 0. The SMILES string of the molecule is O=S(=O)(O)C(c1cccc(Cl)c1)(c1ccc(O)c(Cl)c1)c1ccc(Cl)c(O)c1Cl. The molecule has 0 spiro atoms. The van der Waals surface area contributed by atoms with Crippen LogP contribution >= 0.6 is 46.4 Å². The van der Waals surface area contributed by atoms with Crippen LogP contribution in [0.25, 0.3) is 0 Å². The quantitative estimate of drug-likeness (QED) is 0.311. The van der Waals surface area contributed by atoms with Gasteiger partial charge >= 0.3 is 0 Å². The van der Waals surface area contributed by atoms with Gasteiger partial charge in [0.25, 0.3) is 10.1 Å². The minimum atomic E-state index is -5.02. The number of benzene rings is 3. The van der Waals surface area contributed by atoms with Gasteiger partial charge in [-0.1, -0.05) is 70.7 Å². The van der Waals surface area contributed by atoms with Gasteiger partial charge in [-0.3, -0.25) is 4.55 Å². The third-order valence-corrected chi connectivity index (χ3v) is 7.11. The fourth-order valence-corrected chi connectivity index (χ4v) is 5.40. The second-order valence-electron chi connectivity index (χ2n) is 6.09. The molecule has 0 aromatic heterocycles. The van der Waals surface area contributed by atoms with Crippen LogP contribution in [0.1, 0.15) is 16.7 Å². The van der Waals surface area contributed by atoms with E-state index in [9.17, 15) is 23.2 Å². The van der Waals surface area contributed by atoms with E-state index < -0.39 is 20.6 Å². The Balaban J connectivity index is 2.58. The molecule has 1 atom stereocenters. The zero-order valence-electron chi connectivity index (χ0n) is 14.3. The fraction of sp³-hybridized carbons (Fsp3) is 0.0526. The van der Waals surface area contributed by atoms with Crippen molar-refractivity contribution in [2.45, 2.75) is 4.75 Å². The molecule has 3 aromatic carbocycles. The summed E-state index contributed by atoms with van der Waals surface area (Å²) < 4.78 is 34.0. The van der Waals surface area contributed by atoms with Crippen molar-refractivity contribution in [1.82, 2.24) is 0 Å². The Kier molecular flexibility index (Phi) is 5.98.